The lowest BCUT2D eigenvalue weighted by atomic mass is 10.2. The van der Waals surface area contributed by atoms with Crippen LogP contribution in [0.5, 0.6) is 0 Å². The average molecular weight is 149 g/mol. The van der Waals surface area contributed by atoms with Gasteiger partial charge in [-0.15, -0.1) is 11.6 Å². The van der Waals surface area contributed by atoms with Crippen molar-refractivity contribution in [3.63, 3.8) is 0 Å². The summed E-state index contributed by atoms with van der Waals surface area (Å²) in [6.45, 7) is 0. The average Bonchev–Trinajstić information content (AvgIpc) is 1.99. The summed E-state index contributed by atoms with van der Waals surface area (Å²) in [4.78, 5) is 0. The van der Waals surface area contributed by atoms with Crippen molar-refractivity contribution in [3.8, 4) is 0 Å². The van der Waals surface area contributed by atoms with Crippen LogP contribution in [0.15, 0.2) is 11.9 Å². The molecule has 0 aromatic carbocycles. The molecule has 0 fully saturated rings. The zero-order chi connectivity index (χ0) is 6.69. The minimum Gasteiger partial charge on any atom is -0.211 e. The third-order valence-corrected chi connectivity index (χ3v) is 1.98. The molecule has 0 aromatic heterocycles. The van der Waals surface area contributed by atoms with Crippen LogP contribution in [0.1, 0.15) is 25.7 Å². The van der Waals surface area contributed by atoms with Crippen molar-refractivity contribution >= 4 is 11.6 Å². The molecule has 52 valence electrons. The van der Waals surface area contributed by atoms with E-state index in [1.165, 1.54) is 0 Å². The lowest BCUT2D eigenvalue weighted by Crippen LogP contribution is -1.95. The molecule has 1 unspecified atom stereocenters. The molecule has 0 aliphatic heterocycles. The summed E-state index contributed by atoms with van der Waals surface area (Å²) in [5.74, 6) is -0.130. The molecule has 1 aliphatic rings. The molecule has 0 saturated heterocycles. The van der Waals surface area contributed by atoms with Gasteiger partial charge in [-0.05, 0) is 19.3 Å². The van der Waals surface area contributed by atoms with Crippen molar-refractivity contribution < 1.29 is 4.39 Å². The Kier molecular flexibility index (Phi) is 2.52. The van der Waals surface area contributed by atoms with Gasteiger partial charge in [-0.1, -0.05) is 12.5 Å². The highest BCUT2D eigenvalue weighted by Crippen LogP contribution is 2.22. The van der Waals surface area contributed by atoms with Crippen LogP contribution in [-0.2, 0) is 0 Å². The highest BCUT2D eigenvalue weighted by molar-refractivity contribution is 6.22. The van der Waals surface area contributed by atoms with Gasteiger partial charge in [0, 0.05) is 0 Å². The SMILES string of the molecule is FC1=CCCCCC1Cl. The maximum Gasteiger partial charge on any atom is 0.114 e. The fourth-order valence-corrected chi connectivity index (χ4v) is 1.22. The molecule has 9 heavy (non-hydrogen) atoms. The molecule has 0 nitrogen and oxygen atoms in total. The molecule has 0 spiro atoms. The Morgan fingerprint density at radius 2 is 2.33 bits per heavy atom. The van der Waals surface area contributed by atoms with E-state index >= 15 is 0 Å². The summed E-state index contributed by atoms with van der Waals surface area (Å²) < 4.78 is 12.6. The molecular weight excluding hydrogens is 139 g/mol. The number of rotatable bonds is 0. The summed E-state index contributed by atoms with van der Waals surface area (Å²) in [7, 11) is 0. The Bertz CT molecular complexity index is 120. The summed E-state index contributed by atoms with van der Waals surface area (Å²) in [5, 5.41) is -0.340. The first-order chi connectivity index (χ1) is 4.30. The second-order valence-corrected chi connectivity index (χ2v) is 2.87. The van der Waals surface area contributed by atoms with Gasteiger partial charge in [0.05, 0.1) is 5.38 Å². The van der Waals surface area contributed by atoms with Crippen molar-refractivity contribution in [2.24, 2.45) is 0 Å². The molecular formula is C7H10ClF. The molecule has 1 atom stereocenters. The number of hydrogen-bond acceptors (Lipinski definition) is 0. The Labute approximate surface area is 59.7 Å². The van der Waals surface area contributed by atoms with Gasteiger partial charge in [0.15, 0.2) is 0 Å². The first-order valence-electron chi connectivity index (χ1n) is 3.30. The largest absolute Gasteiger partial charge is 0.211 e. The van der Waals surface area contributed by atoms with E-state index in [1.54, 1.807) is 6.08 Å². The maximum absolute atomic E-state index is 12.6. The fourth-order valence-electron chi connectivity index (χ4n) is 0.974. The lowest BCUT2D eigenvalue weighted by Gasteiger charge is -2.00. The van der Waals surface area contributed by atoms with Crippen molar-refractivity contribution in [1.82, 2.24) is 0 Å². The highest BCUT2D eigenvalue weighted by Gasteiger charge is 2.12. The van der Waals surface area contributed by atoms with Crippen molar-refractivity contribution in [2.45, 2.75) is 31.1 Å². The topological polar surface area (TPSA) is 0 Å². The second-order valence-electron chi connectivity index (χ2n) is 2.34. The number of alkyl halides is 1. The summed E-state index contributed by atoms with van der Waals surface area (Å²) in [6, 6.07) is 0. The standard InChI is InChI=1S/C7H10ClF/c8-6-4-2-1-3-5-7(6)9/h5-6H,1-4H2. The van der Waals surface area contributed by atoms with Crippen LogP contribution in [-0.4, -0.2) is 5.38 Å². The monoisotopic (exact) mass is 148 g/mol. The van der Waals surface area contributed by atoms with E-state index in [0.29, 0.717) is 0 Å². The minimum atomic E-state index is -0.340. The van der Waals surface area contributed by atoms with E-state index in [1.807, 2.05) is 0 Å². The van der Waals surface area contributed by atoms with E-state index in [-0.39, 0.29) is 11.2 Å². The third-order valence-electron chi connectivity index (χ3n) is 1.55. The predicted molar refractivity (Wildman–Crippen MR) is 37.3 cm³/mol. The number of halogens is 2. The Hall–Kier alpha value is -0.0400. The number of hydrogen-bond donors (Lipinski definition) is 0. The summed E-state index contributed by atoms with van der Waals surface area (Å²) in [6.07, 6.45) is 5.39. The third kappa shape index (κ3) is 1.98. The van der Waals surface area contributed by atoms with E-state index in [0.717, 1.165) is 25.7 Å². The van der Waals surface area contributed by atoms with Crippen LogP contribution in [0.4, 0.5) is 4.39 Å². The lowest BCUT2D eigenvalue weighted by molar-refractivity contribution is 0.579. The van der Waals surface area contributed by atoms with Crippen molar-refractivity contribution in [1.29, 1.82) is 0 Å². The molecule has 0 radical (unpaired) electrons. The zero-order valence-electron chi connectivity index (χ0n) is 5.24. The van der Waals surface area contributed by atoms with E-state index in [2.05, 4.69) is 0 Å². The van der Waals surface area contributed by atoms with Gasteiger partial charge in [0.2, 0.25) is 0 Å². The van der Waals surface area contributed by atoms with Crippen molar-refractivity contribution in [3.05, 3.63) is 11.9 Å². The van der Waals surface area contributed by atoms with E-state index in [9.17, 15) is 4.39 Å². The van der Waals surface area contributed by atoms with Crippen LogP contribution in [0.3, 0.4) is 0 Å². The first kappa shape index (κ1) is 7.07. The van der Waals surface area contributed by atoms with Crippen LogP contribution >= 0.6 is 11.6 Å². The van der Waals surface area contributed by atoms with E-state index in [4.69, 9.17) is 11.6 Å². The number of allylic oxidation sites excluding steroid dienone is 2. The zero-order valence-corrected chi connectivity index (χ0v) is 5.99. The van der Waals surface area contributed by atoms with Gasteiger partial charge in [0.25, 0.3) is 0 Å². The molecule has 0 saturated carbocycles. The van der Waals surface area contributed by atoms with Crippen LogP contribution < -0.4 is 0 Å². The predicted octanol–water partition coefficient (Wildman–Crippen LogP) is 3.02. The summed E-state index contributed by atoms with van der Waals surface area (Å²) >= 11 is 5.63. The molecule has 0 bridgehead atoms. The Balaban J connectivity index is 2.51. The van der Waals surface area contributed by atoms with Gasteiger partial charge in [-0.3, -0.25) is 0 Å². The fraction of sp³-hybridized carbons (Fsp3) is 0.714. The molecule has 0 amide bonds. The second kappa shape index (κ2) is 3.21. The van der Waals surface area contributed by atoms with Crippen LogP contribution in [0.2, 0.25) is 0 Å². The highest BCUT2D eigenvalue weighted by atomic mass is 35.5. The molecule has 1 rings (SSSR count). The molecule has 2 heteroatoms. The molecule has 1 aliphatic carbocycles. The van der Waals surface area contributed by atoms with Gasteiger partial charge in [-0.2, -0.15) is 0 Å². The normalized spacial score (nSPS) is 29.1. The van der Waals surface area contributed by atoms with Crippen LogP contribution in [0, 0.1) is 0 Å². The van der Waals surface area contributed by atoms with Gasteiger partial charge >= 0.3 is 0 Å². The van der Waals surface area contributed by atoms with Gasteiger partial charge in [-0.25, -0.2) is 4.39 Å². The van der Waals surface area contributed by atoms with E-state index < -0.39 is 0 Å². The Morgan fingerprint density at radius 3 is 3.11 bits per heavy atom. The summed E-state index contributed by atoms with van der Waals surface area (Å²) in [5.41, 5.74) is 0. The minimum absolute atomic E-state index is 0.130. The first-order valence-corrected chi connectivity index (χ1v) is 3.74. The van der Waals surface area contributed by atoms with Crippen LogP contribution in [0.25, 0.3) is 0 Å². The quantitative estimate of drug-likeness (QED) is 0.464. The Morgan fingerprint density at radius 1 is 1.56 bits per heavy atom. The van der Waals surface area contributed by atoms with Crippen molar-refractivity contribution in [2.75, 3.05) is 0 Å². The smallest absolute Gasteiger partial charge is 0.114 e. The van der Waals surface area contributed by atoms with Gasteiger partial charge < -0.3 is 0 Å². The van der Waals surface area contributed by atoms with Gasteiger partial charge in [0.1, 0.15) is 5.83 Å². The molecule has 0 aromatic rings. The molecule has 0 N–H and O–H groups in total. The molecule has 0 heterocycles. The maximum atomic E-state index is 12.6.